The molecule has 0 radical (unpaired) electrons. The van der Waals surface area contributed by atoms with Crippen molar-refractivity contribution in [3.05, 3.63) is 26.1 Å². The van der Waals surface area contributed by atoms with E-state index in [9.17, 15) is 20.2 Å². The van der Waals surface area contributed by atoms with Crippen LogP contribution in [0, 0.1) is 27.2 Å². The third kappa shape index (κ3) is 1.33. The van der Waals surface area contributed by atoms with E-state index in [1.54, 1.807) is 0 Å². The Bertz CT molecular complexity index is 382. The predicted octanol–water partition coefficient (Wildman–Crippen LogP) is 0.545. The molecular formula is C5H6N4O4. The number of aryl methyl sites for hydroxylation is 1. The number of hydrogen-bond acceptors (Lipinski definition) is 5. The zero-order chi connectivity index (χ0) is 10.2. The molecule has 0 unspecified atom stereocenters. The molecule has 1 heterocycles. The molecule has 8 heteroatoms. The van der Waals surface area contributed by atoms with Gasteiger partial charge in [0.2, 0.25) is 0 Å². The maximum absolute atomic E-state index is 10.4. The zero-order valence-corrected chi connectivity index (χ0v) is 6.92. The number of nitrogens with zero attached hydrogens (tertiary/aromatic N) is 4. The Morgan fingerprint density at radius 2 is 1.85 bits per heavy atom. The third-order valence-corrected chi connectivity index (χ3v) is 1.62. The molecule has 0 atom stereocenters. The summed E-state index contributed by atoms with van der Waals surface area (Å²) in [6.45, 7) is 1.46. The van der Waals surface area contributed by atoms with E-state index in [0.717, 1.165) is 4.57 Å². The molecule has 13 heavy (non-hydrogen) atoms. The molecule has 0 saturated carbocycles. The van der Waals surface area contributed by atoms with Gasteiger partial charge < -0.3 is 20.2 Å². The van der Waals surface area contributed by atoms with Crippen LogP contribution in [0.5, 0.6) is 0 Å². The fourth-order valence-electron chi connectivity index (χ4n) is 0.908. The van der Waals surface area contributed by atoms with Crippen LogP contribution in [0.4, 0.5) is 11.6 Å². The zero-order valence-electron chi connectivity index (χ0n) is 6.92. The van der Waals surface area contributed by atoms with Crippen molar-refractivity contribution in [1.29, 1.82) is 0 Å². The quantitative estimate of drug-likeness (QED) is 0.495. The maximum Gasteiger partial charge on any atom is 0.462 e. The summed E-state index contributed by atoms with van der Waals surface area (Å²) in [5.74, 6) is -1.08. The van der Waals surface area contributed by atoms with E-state index >= 15 is 0 Å². The predicted molar refractivity (Wildman–Crippen MR) is 41.3 cm³/mol. The molecule has 0 aliphatic heterocycles. The average molecular weight is 186 g/mol. The van der Waals surface area contributed by atoms with Crippen molar-refractivity contribution in [2.24, 2.45) is 7.05 Å². The van der Waals surface area contributed by atoms with Crippen molar-refractivity contribution >= 4 is 11.6 Å². The van der Waals surface area contributed by atoms with Gasteiger partial charge in [0.15, 0.2) is 0 Å². The molecule has 0 amide bonds. The van der Waals surface area contributed by atoms with E-state index in [-0.39, 0.29) is 5.82 Å². The highest BCUT2D eigenvalue weighted by molar-refractivity contribution is 5.42. The second-order valence-electron chi connectivity index (χ2n) is 2.38. The minimum absolute atomic E-state index is 0.235. The molecule has 0 N–H and O–H groups in total. The Hall–Kier alpha value is -1.99. The fourth-order valence-corrected chi connectivity index (χ4v) is 0.908. The van der Waals surface area contributed by atoms with Crippen LogP contribution in [0.25, 0.3) is 0 Å². The van der Waals surface area contributed by atoms with Crippen LogP contribution in [0.3, 0.4) is 0 Å². The van der Waals surface area contributed by atoms with E-state index in [0.29, 0.717) is 0 Å². The van der Waals surface area contributed by atoms with Crippen molar-refractivity contribution in [2.45, 2.75) is 6.92 Å². The SMILES string of the molecule is Cc1nc([N+](=O)[O-])c([N+](=O)[O-])n1C. The maximum atomic E-state index is 10.4. The van der Waals surface area contributed by atoms with Crippen LogP contribution in [0.15, 0.2) is 0 Å². The molecule has 70 valence electrons. The molecule has 0 aromatic carbocycles. The third-order valence-electron chi connectivity index (χ3n) is 1.62. The van der Waals surface area contributed by atoms with Crippen molar-refractivity contribution < 1.29 is 9.85 Å². The first-order valence-electron chi connectivity index (χ1n) is 3.27. The van der Waals surface area contributed by atoms with Crippen LogP contribution < -0.4 is 0 Å². The van der Waals surface area contributed by atoms with Gasteiger partial charge >= 0.3 is 17.5 Å². The molecule has 1 rings (SSSR count). The van der Waals surface area contributed by atoms with Gasteiger partial charge in [-0.25, -0.2) is 0 Å². The summed E-state index contributed by atoms with van der Waals surface area (Å²) in [5.41, 5.74) is 0. The van der Waals surface area contributed by atoms with Gasteiger partial charge in [-0.3, -0.25) is 0 Å². The first kappa shape index (κ1) is 9.10. The Balaban J connectivity index is 3.44. The first-order chi connectivity index (χ1) is 5.95. The Morgan fingerprint density at radius 3 is 2.15 bits per heavy atom. The Morgan fingerprint density at radius 1 is 1.31 bits per heavy atom. The molecule has 0 aliphatic rings. The van der Waals surface area contributed by atoms with Crippen LogP contribution in [-0.4, -0.2) is 19.4 Å². The van der Waals surface area contributed by atoms with Gasteiger partial charge in [0, 0.05) is 11.9 Å². The molecule has 1 aromatic rings. The lowest BCUT2D eigenvalue weighted by molar-refractivity contribution is -0.428. The van der Waals surface area contributed by atoms with Gasteiger partial charge in [-0.15, -0.1) is 0 Å². The summed E-state index contributed by atoms with van der Waals surface area (Å²) in [6.07, 6.45) is 0. The molecule has 0 saturated heterocycles. The van der Waals surface area contributed by atoms with Crippen molar-refractivity contribution in [1.82, 2.24) is 9.55 Å². The van der Waals surface area contributed by atoms with Gasteiger partial charge in [0.1, 0.15) is 0 Å². The van der Waals surface area contributed by atoms with Crippen LogP contribution >= 0.6 is 0 Å². The Kier molecular flexibility index (Phi) is 1.97. The van der Waals surface area contributed by atoms with E-state index in [4.69, 9.17) is 0 Å². The topological polar surface area (TPSA) is 104 Å². The number of aromatic nitrogens is 2. The molecule has 0 spiro atoms. The largest absolute Gasteiger partial charge is 0.462 e. The van der Waals surface area contributed by atoms with Gasteiger partial charge in [-0.2, -0.15) is 4.57 Å². The van der Waals surface area contributed by atoms with Gasteiger partial charge in [0.05, 0.1) is 7.05 Å². The molecular weight excluding hydrogens is 180 g/mol. The lowest BCUT2D eigenvalue weighted by Gasteiger charge is -1.92. The van der Waals surface area contributed by atoms with Gasteiger partial charge in [-0.1, -0.05) is 0 Å². The molecule has 0 bridgehead atoms. The van der Waals surface area contributed by atoms with Gasteiger partial charge in [-0.05, 0) is 9.85 Å². The van der Waals surface area contributed by atoms with E-state index < -0.39 is 21.5 Å². The summed E-state index contributed by atoms with van der Waals surface area (Å²) < 4.78 is 1.07. The first-order valence-corrected chi connectivity index (χ1v) is 3.27. The smallest absolute Gasteiger partial charge is 0.358 e. The summed E-state index contributed by atoms with van der Waals surface area (Å²) in [7, 11) is 1.35. The summed E-state index contributed by atoms with van der Waals surface area (Å²) in [4.78, 5) is 22.5. The Labute approximate surface area is 72.1 Å². The lowest BCUT2D eigenvalue weighted by Crippen LogP contribution is -2.00. The van der Waals surface area contributed by atoms with Gasteiger partial charge in [0.25, 0.3) is 0 Å². The van der Waals surface area contributed by atoms with E-state index in [1.165, 1.54) is 14.0 Å². The van der Waals surface area contributed by atoms with Crippen LogP contribution in [0.2, 0.25) is 0 Å². The van der Waals surface area contributed by atoms with Crippen molar-refractivity contribution in [2.75, 3.05) is 0 Å². The standard InChI is InChI=1S/C5H6N4O4/c1-3-6-4(8(10)11)5(7(3)2)9(12)13/h1-2H3. The summed E-state index contributed by atoms with van der Waals surface area (Å²) in [6, 6.07) is 0. The highest BCUT2D eigenvalue weighted by atomic mass is 16.6. The highest BCUT2D eigenvalue weighted by Crippen LogP contribution is 2.25. The summed E-state index contributed by atoms with van der Waals surface area (Å²) in [5, 5.41) is 20.7. The molecule has 0 aliphatic carbocycles. The van der Waals surface area contributed by atoms with Crippen molar-refractivity contribution in [3.8, 4) is 0 Å². The number of hydrogen-bond donors (Lipinski definition) is 0. The van der Waals surface area contributed by atoms with E-state index in [2.05, 4.69) is 4.98 Å². The van der Waals surface area contributed by atoms with Crippen molar-refractivity contribution in [3.63, 3.8) is 0 Å². The molecule has 8 nitrogen and oxygen atoms in total. The lowest BCUT2D eigenvalue weighted by atomic mass is 10.6. The molecule has 0 fully saturated rings. The number of nitro groups is 2. The second-order valence-corrected chi connectivity index (χ2v) is 2.38. The molecule has 1 aromatic heterocycles. The highest BCUT2D eigenvalue weighted by Gasteiger charge is 2.33. The minimum atomic E-state index is -0.870. The monoisotopic (exact) mass is 186 g/mol. The number of imidazole rings is 1. The normalized spacial score (nSPS) is 10.0. The van der Waals surface area contributed by atoms with Crippen LogP contribution in [-0.2, 0) is 7.05 Å². The second kappa shape index (κ2) is 2.81. The summed E-state index contributed by atoms with van der Waals surface area (Å²) >= 11 is 0. The average Bonchev–Trinajstić information content (AvgIpc) is 2.28. The minimum Gasteiger partial charge on any atom is -0.358 e. The fraction of sp³-hybridized carbons (Fsp3) is 0.400. The van der Waals surface area contributed by atoms with E-state index in [1.807, 2.05) is 0 Å². The number of rotatable bonds is 2. The van der Waals surface area contributed by atoms with Crippen LogP contribution in [0.1, 0.15) is 5.82 Å².